The summed E-state index contributed by atoms with van der Waals surface area (Å²) in [5, 5.41) is 23.8. The molecule has 3 atom stereocenters. The highest BCUT2D eigenvalue weighted by atomic mass is 16.5. The predicted octanol–water partition coefficient (Wildman–Crippen LogP) is 16.6. The molecule has 0 saturated carbocycles. The Bertz CT molecular complexity index is 1080. The van der Waals surface area contributed by atoms with Crippen molar-refractivity contribution in [3.8, 4) is 0 Å². The van der Waals surface area contributed by atoms with Crippen molar-refractivity contribution in [2.24, 2.45) is 0 Å². The maximum absolute atomic E-state index is 13.2. The third-order valence-electron chi connectivity index (χ3n) is 12.4. The topological polar surface area (TPSA) is 95.9 Å². The molecule has 0 bridgehead atoms. The van der Waals surface area contributed by atoms with Gasteiger partial charge in [0.2, 0.25) is 5.91 Å². The number of nitrogens with one attached hydrogen (secondary N) is 1. The number of allylic oxidation sites excluding steroid dienone is 8. The first-order valence-electron chi connectivity index (χ1n) is 27.4. The van der Waals surface area contributed by atoms with Crippen LogP contribution in [0.1, 0.15) is 278 Å². The maximum atomic E-state index is 13.2. The summed E-state index contributed by atoms with van der Waals surface area (Å²) in [4.78, 5) is 26.2. The zero-order chi connectivity index (χ0) is 45.9. The van der Waals surface area contributed by atoms with Crippen molar-refractivity contribution >= 4 is 11.9 Å². The van der Waals surface area contributed by atoms with Crippen LogP contribution in [0.4, 0.5) is 0 Å². The third-order valence-corrected chi connectivity index (χ3v) is 12.4. The first-order chi connectivity index (χ1) is 31.0. The van der Waals surface area contributed by atoms with E-state index in [1.165, 1.54) is 141 Å². The van der Waals surface area contributed by atoms with Gasteiger partial charge in [-0.1, -0.05) is 223 Å². The average Bonchev–Trinajstić information content (AvgIpc) is 3.28. The highest BCUT2D eigenvalue weighted by molar-refractivity contribution is 5.77. The van der Waals surface area contributed by atoms with Crippen LogP contribution in [0.2, 0.25) is 0 Å². The molecule has 63 heavy (non-hydrogen) atoms. The van der Waals surface area contributed by atoms with Gasteiger partial charge in [0.05, 0.1) is 25.2 Å². The molecule has 0 aromatic heterocycles. The molecular weight excluding hydrogens is 779 g/mol. The Morgan fingerprint density at radius 3 is 1.27 bits per heavy atom. The highest BCUT2D eigenvalue weighted by Crippen LogP contribution is 2.18. The molecule has 3 N–H and O–H groups in total. The van der Waals surface area contributed by atoms with Gasteiger partial charge in [0.15, 0.2) is 0 Å². The van der Waals surface area contributed by atoms with Gasteiger partial charge in [-0.3, -0.25) is 9.59 Å². The van der Waals surface area contributed by atoms with E-state index in [1.54, 1.807) is 0 Å². The van der Waals surface area contributed by atoms with Crippen LogP contribution in [0.5, 0.6) is 0 Å². The standard InChI is InChI=1S/C57H105NO5/c1-4-7-10-13-16-19-22-25-27-28-30-31-33-36-39-42-45-48-53(63-57(62)50-47-44-41-38-35-24-21-18-15-12-9-6-3)51-56(61)58-54(52-59)55(60)49-46-43-40-37-34-32-29-26-23-20-17-14-11-8-5-2/h16,18-19,21,25,27,30-31,53-55,59-60H,4-15,17,20,22-24,26,28-29,32-52H2,1-3H3,(H,58,61)/b19-16-,21-18-,27-25-,31-30-. The van der Waals surface area contributed by atoms with E-state index < -0.39 is 18.2 Å². The molecule has 0 aliphatic rings. The Kier molecular flexibility index (Phi) is 49.1. The number of esters is 1. The monoisotopic (exact) mass is 884 g/mol. The van der Waals surface area contributed by atoms with Crippen LogP contribution >= 0.6 is 0 Å². The minimum atomic E-state index is -0.795. The Balaban J connectivity index is 4.60. The second-order valence-corrected chi connectivity index (χ2v) is 18.6. The van der Waals surface area contributed by atoms with Gasteiger partial charge in [0, 0.05) is 6.42 Å². The molecule has 0 rings (SSSR count). The highest BCUT2D eigenvalue weighted by Gasteiger charge is 2.24. The number of hydrogen-bond acceptors (Lipinski definition) is 5. The van der Waals surface area contributed by atoms with Gasteiger partial charge in [0.25, 0.3) is 0 Å². The van der Waals surface area contributed by atoms with Gasteiger partial charge >= 0.3 is 5.97 Å². The molecule has 0 aliphatic heterocycles. The predicted molar refractivity (Wildman–Crippen MR) is 273 cm³/mol. The molecular formula is C57H105NO5. The van der Waals surface area contributed by atoms with E-state index in [2.05, 4.69) is 74.7 Å². The Labute approximate surface area is 391 Å². The molecule has 0 radical (unpaired) electrons. The van der Waals surface area contributed by atoms with Crippen molar-refractivity contribution in [3.63, 3.8) is 0 Å². The van der Waals surface area contributed by atoms with Gasteiger partial charge in [-0.25, -0.2) is 0 Å². The van der Waals surface area contributed by atoms with Gasteiger partial charge in [-0.2, -0.15) is 0 Å². The van der Waals surface area contributed by atoms with E-state index in [9.17, 15) is 19.8 Å². The number of amides is 1. The Hall–Kier alpha value is -2.18. The SMILES string of the molecule is CCCCC/C=C\C/C=C\C/C=C\CCCCCCC(CC(=O)NC(CO)C(O)CCCCCCCCCCCCCCCCC)OC(=O)CCCCCCC/C=C\CCCCC. The van der Waals surface area contributed by atoms with Crippen molar-refractivity contribution < 1.29 is 24.5 Å². The number of aliphatic hydroxyl groups is 2. The lowest BCUT2D eigenvalue weighted by atomic mass is 10.0. The summed E-state index contributed by atoms with van der Waals surface area (Å²) >= 11 is 0. The fourth-order valence-electron chi connectivity index (χ4n) is 8.20. The van der Waals surface area contributed by atoms with E-state index in [0.717, 1.165) is 89.9 Å². The summed E-state index contributed by atoms with van der Waals surface area (Å²) in [6.45, 7) is 6.44. The van der Waals surface area contributed by atoms with Crippen LogP contribution in [0, 0.1) is 0 Å². The number of carbonyl (C=O) groups is 2. The molecule has 6 nitrogen and oxygen atoms in total. The summed E-state index contributed by atoms with van der Waals surface area (Å²) in [5.74, 6) is -0.499. The molecule has 0 fully saturated rings. The fourth-order valence-corrected chi connectivity index (χ4v) is 8.20. The van der Waals surface area contributed by atoms with Gasteiger partial charge < -0.3 is 20.3 Å². The number of aliphatic hydroxyl groups excluding tert-OH is 2. The molecule has 6 heteroatoms. The summed E-state index contributed by atoms with van der Waals surface area (Å²) in [7, 11) is 0. The van der Waals surface area contributed by atoms with Crippen LogP contribution in [0.15, 0.2) is 48.6 Å². The van der Waals surface area contributed by atoms with Crippen molar-refractivity contribution in [1.82, 2.24) is 5.32 Å². The number of rotatable bonds is 49. The minimum Gasteiger partial charge on any atom is -0.462 e. The Morgan fingerprint density at radius 1 is 0.460 bits per heavy atom. The molecule has 3 unspecified atom stereocenters. The van der Waals surface area contributed by atoms with E-state index in [0.29, 0.717) is 19.3 Å². The summed E-state index contributed by atoms with van der Waals surface area (Å²) in [5.41, 5.74) is 0. The Morgan fingerprint density at radius 2 is 0.810 bits per heavy atom. The zero-order valence-corrected chi connectivity index (χ0v) is 42.0. The fraction of sp³-hybridized carbons (Fsp3) is 0.825. The van der Waals surface area contributed by atoms with Gasteiger partial charge in [-0.15, -0.1) is 0 Å². The lowest BCUT2D eigenvalue weighted by Gasteiger charge is -2.24. The van der Waals surface area contributed by atoms with E-state index in [4.69, 9.17) is 4.74 Å². The van der Waals surface area contributed by atoms with Crippen molar-refractivity contribution in [1.29, 1.82) is 0 Å². The first kappa shape index (κ1) is 60.8. The summed E-state index contributed by atoms with van der Waals surface area (Å²) < 4.78 is 5.93. The molecule has 0 aliphatic carbocycles. The largest absolute Gasteiger partial charge is 0.462 e. The molecule has 0 heterocycles. The van der Waals surface area contributed by atoms with Crippen molar-refractivity contribution in [2.75, 3.05) is 6.61 Å². The van der Waals surface area contributed by atoms with Crippen molar-refractivity contribution in [3.05, 3.63) is 48.6 Å². The van der Waals surface area contributed by atoms with Crippen LogP contribution in [-0.4, -0.2) is 46.9 Å². The van der Waals surface area contributed by atoms with E-state index >= 15 is 0 Å². The maximum Gasteiger partial charge on any atom is 0.306 e. The van der Waals surface area contributed by atoms with Crippen molar-refractivity contribution in [2.45, 2.75) is 296 Å². The van der Waals surface area contributed by atoms with Crippen LogP contribution in [0.25, 0.3) is 0 Å². The number of hydrogen-bond donors (Lipinski definition) is 3. The third kappa shape index (κ3) is 46.2. The van der Waals surface area contributed by atoms with E-state index in [1.807, 2.05) is 0 Å². The van der Waals surface area contributed by atoms with Gasteiger partial charge in [-0.05, 0) is 89.9 Å². The second kappa shape index (κ2) is 50.8. The van der Waals surface area contributed by atoms with E-state index in [-0.39, 0.29) is 24.9 Å². The second-order valence-electron chi connectivity index (χ2n) is 18.6. The normalized spacial score (nSPS) is 13.5. The molecule has 0 aromatic carbocycles. The molecule has 0 aromatic rings. The quantitative estimate of drug-likeness (QED) is 0.0321. The molecule has 368 valence electrons. The number of ether oxygens (including phenoxy) is 1. The number of carbonyl (C=O) groups excluding carboxylic acids is 2. The van der Waals surface area contributed by atoms with Crippen LogP contribution in [-0.2, 0) is 14.3 Å². The molecule has 1 amide bonds. The zero-order valence-electron chi connectivity index (χ0n) is 42.0. The summed E-state index contributed by atoms with van der Waals surface area (Å²) in [6, 6.07) is -0.710. The lowest BCUT2D eigenvalue weighted by molar-refractivity contribution is -0.151. The first-order valence-corrected chi connectivity index (χ1v) is 27.4. The number of unbranched alkanes of at least 4 members (excludes halogenated alkanes) is 29. The minimum absolute atomic E-state index is 0.0603. The lowest BCUT2D eigenvalue weighted by Crippen LogP contribution is -2.46. The molecule has 0 spiro atoms. The van der Waals surface area contributed by atoms with Crippen LogP contribution < -0.4 is 5.32 Å². The summed E-state index contributed by atoms with van der Waals surface area (Å²) in [6.07, 6.45) is 61.7. The van der Waals surface area contributed by atoms with Crippen LogP contribution in [0.3, 0.4) is 0 Å². The average molecular weight is 884 g/mol. The van der Waals surface area contributed by atoms with Gasteiger partial charge in [0.1, 0.15) is 6.10 Å². The smallest absolute Gasteiger partial charge is 0.306 e. The molecule has 0 saturated heterocycles.